The van der Waals surface area contributed by atoms with E-state index < -0.39 is 0 Å². The van der Waals surface area contributed by atoms with Crippen molar-refractivity contribution in [1.82, 2.24) is 4.98 Å². The largest absolute Gasteiger partial charge is 0.244 e. The minimum Gasteiger partial charge on any atom is -0.244 e. The van der Waals surface area contributed by atoms with Crippen molar-refractivity contribution in [1.29, 1.82) is 0 Å². The normalized spacial score (nSPS) is 13.1. The summed E-state index contributed by atoms with van der Waals surface area (Å²) in [6.45, 7) is 3.98. The van der Waals surface area contributed by atoms with Crippen LogP contribution in [0.15, 0.2) is 24.4 Å². The van der Waals surface area contributed by atoms with E-state index in [0.717, 1.165) is 22.0 Å². The van der Waals surface area contributed by atoms with Crippen molar-refractivity contribution in [2.45, 2.75) is 20.3 Å². The molecule has 1 aromatic rings. The van der Waals surface area contributed by atoms with Crippen LogP contribution < -0.4 is 0 Å². The van der Waals surface area contributed by atoms with E-state index in [1.165, 1.54) is 0 Å². The second-order valence-electron chi connectivity index (χ2n) is 3.15. The molecule has 1 aromatic heterocycles. The summed E-state index contributed by atoms with van der Waals surface area (Å²) in [6.07, 6.45) is 6.47. The zero-order valence-electron chi connectivity index (χ0n) is 9.10. The van der Waals surface area contributed by atoms with Gasteiger partial charge in [0, 0.05) is 26.8 Å². The fraction of sp³-hybridized carbons (Fsp3) is 0.250. The van der Waals surface area contributed by atoms with Crippen LogP contribution in [0, 0.1) is 0 Å². The van der Waals surface area contributed by atoms with Gasteiger partial charge in [-0.1, -0.05) is 58.2 Å². The summed E-state index contributed by atoms with van der Waals surface area (Å²) >= 11 is 15.6. The number of pyridine rings is 1. The fourth-order valence-corrected chi connectivity index (χ4v) is 2.05. The third kappa shape index (κ3) is 3.34. The van der Waals surface area contributed by atoms with Gasteiger partial charge in [0.2, 0.25) is 0 Å². The van der Waals surface area contributed by atoms with Crippen molar-refractivity contribution < 1.29 is 0 Å². The monoisotopic (exact) mass is 319 g/mol. The Morgan fingerprint density at radius 1 is 1.50 bits per heavy atom. The zero-order valence-corrected chi connectivity index (χ0v) is 12.2. The van der Waals surface area contributed by atoms with E-state index in [4.69, 9.17) is 23.2 Å². The van der Waals surface area contributed by atoms with E-state index in [9.17, 15) is 0 Å². The third-order valence-corrected chi connectivity index (χ3v) is 3.47. The van der Waals surface area contributed by atoms with Gasteiger partial charge in [0.25, 0.3) is 0 Å². The highest BCUT2D eigenvalue weighted by molar-refractivity contribution is 9.15. The van der Waals surface area contributed by atoms with E-state index in [0.29, 0.717) is 10.2 Å². The molecule has 0 saturated heterocycles. The molecule has 0 aliphatic rings. The van der Waals surface area contributed by atoms with Crippen LogP contribution in [0.25, 0.3) is 9.51 Å². The molecule has 4 heteroatoms. The number of hydrogen-bond acceptors (Lipinski definition) is 1. The molecule has 1 nitrogen and oxygen atoms in total. The van der Waals surface area contributed by atoms with Crippen LogP contribution in [0.3, 0.4) is 0 Å². The lowest BCUT2D eigenvalue weighted by atomic mass is 10.1. The minimum absolute atomic E-state index is 0.457. The van der Waals surface area contributed by atoms with Gasteiger partial charge < -0.3 is 0 Å². The van der Waals surface area contributed by atoms with Gasteiger partial charge in [-0.2, -0.15) is 0 Å². The Hall–Kier alpha value is -0.310. The number of rotatable bonds is 3. The van der Waals surface area contributed by atoms with Crippen molar-refractivity contribution >= 4 is 48.6 Å². The third-order valence-electron chi connectivity index (χ3n) is 2.02. The maximum atomic E-state index is 6.19. The van der Waals surface area contributed by atoms with Crippen molar-refractivity contribution in [3.63, 3.8) is 0 Å². The number of aromatic nitrogens is 1. The van der Waals surface area contributed by atoms with Gasteiger partial charge in [0.15, 0.2) is 0 Å². The smallest absolute Gasteiger partial charge is 0.129 e. The van der Waals surface area contributed by atoms with Gasteiger partial charge >= 0.3 is 0 Å². The molecule has 0 bridgehead atoms. The maximum absolute atomic E-state index is 6.19. The Balaban J connectivity index is 3.34. The molecule has 1 rings (SSSR count). The van der Waals surface area contributed by atoms with Crippen molar-refractivity contribution in [2.24, 2.45) is 0 Å². The van der Waals surface area contributed by atoms with Crippen LogP contribution in [0.5, 0.6) is 0 Å². The fourth-order valence-electron chi connectivity index (χ4n) is 1.26. The molecule has 0 unspecified atom stereocenters. The first-order chi connectivity index (χ1) is 7.60. The minimum atomic E-state index is 0.457. The SMILES string of the molecule is C/C=C(/Br)c1cc(Cl)ncc1/C(Cl)=C/CC. The number of allylic oxidation sites excluding steroid dienone is 2. The summed E-state index contributed by atoms with van der Waals surface area (Å²) in [5.74, 6) is 0. The Kier molecular flexibility index (Phi) is 5.53. The molecule has 0 fully saturated rings. The van der Waals surface area contributed by atoms with Crippen molar-refractivity contribution in [3.8, 4) is 0 Å². The highest BCUT2D eigenvalue weighted by Crippen LogP contribution is 2.32. The van der Waals surface area contributed by atoms with Crippen molar-refractivity contribution in [3.05, 3.63) is 40.7 Å². The van der Waals surface area contributed by atoms with Gasteiger partial charge in [-0.25, -0.2) is 4.98 Å². The second kappa shape index (κ2) is 6.43. The summed E-state index contributed by atoms with van der Waals surface area (Å²) < 4.78 is 0.953. The average Bonchev–Trinajstić information content (AvgIpc) is 2.28. The molecule has 0 amide bonds. The Morgan fingerprint density at radius 3 is 2.75 bits per heavy atom. The molecule has 86 valence electrons. The molecular weight excluding hydrogens is 309 g/mol. The Labute approximate surface area is 114 Å². The standard InChI is InChI=1S/C12H12BrCl2N/c1-3-5-11(14)9-7-16-12(15)6-8(9)10(13)4-2/h4-7H,3H2,1-2H3/b10-4+,11-5-. The molecule has 16 heavy (non-hydrogen) atoms. The Bertz CT molecular complexity index is 439. The first-order valence-corrected chi connectivity index (χ1v) is 6.48. The maximum Gasteiger partial charge on any atom is 0.129 e. The van der Waals surface area contributed by atoms with E-state index in [-0.39, 0.29) is 0 Å². The molecule has 0 spiro atoms. The van der Waals surface area contributed by atoms with Gasteiger partial charge in [-0.05, 0) is 19.4 Å². The molecule has 0 N–H and O–H groups in total. The van der Waals surface area contributed by atoms with E-state index in [1.807, 2.05) is 26.0 Å². The van der Waals surface area contributed by atoms with Crippen molar-refractivity contribution in [2.75, 3.05) is 0 Å². The number of hydrogen-bond donors (Lipinski definition) is 0. The quantitative estimate of drug-likeness (QED) is 0.672. The summed E-state index contributed by atoms with van der Waals surface area (Å²) in [4.78, 5) is 4.05. The summed E-state index contributed by atoms with van der Waals surface area (Å²) in [7, 11) is 0. The lowest BCUT2D eigenvalue weighted by Crippen LogP contribution is -1.90. The predicted octanol–water partition coefficient (Wildman–Crippen LogP) is 5.48. The van der Waals surface area contributed by atoms with E-state index in [2.05, 4.69) is 20.9 Å². The average molecular weight is 321 g/mol. The molecule has 0 radical (unpaired) electrons. The topological polar surface area (TPSA) is 12.9 Å². The molecular formula is C12H12BrCl2N. The zero-order chi connectivity index (χ0) is 12.1. The molecule has 0 saturated carbocycles. The molecule has 1 heterocycles. The Morgan fingerprint density at radius 2 is 2.19 bits per heavy atom. The van der Waals surface area contributed by atoms with Crippen LogP contribution in [0.1, 0.15) is 31.4 Å². The summed E-state index contributed by atoms with van der Waals surface area (Å²) in [5.41, 5.74) is 1.84. The number of halogens is 3. The lowest BCUT2D eigenvalue weighted by molar-refractivity contribution is 1.23. The summed E-state index contributed by atoms with van der Waals surface area (Å²) in [5, 5.41) is 1.15. The highest BCUT2D eigenvalue weighted by atomic mass is 79.9. The summed E-state index contributed by atoms with van der Waals surface area (Å²) in [6, 6.07) is 1.80. The first kappa shape index (κ1) is 13.8. The van der Waals surface area contributed by atoms with Gasteiger partial charge in [-0.15, -0.1) is 0 Å². The molecule has 0 aliphatic carbocycles. The second-order valence-corrected chi connectivity index (χ2v) is 4.80. The van der Waals surface area contributed by atoms with Gasteiger partial charge in [0.05, 0.1) is 0 Å². The highest BCUT2D eigenvalue weighted by Gasteiger charge is 2.09. The van der Waals surface area contributed by atoms with Crippen LogP contribution in [0.2, 0.25) is 5.15 Å². The van der Waals surface area contributed by atoms with Gasteiger partial charge in [0.1, 0.15) is 5.15 Å². The molecule has 0 aromatic carbocycles. The number of nitrogens with zero attached hydrogens (tertiary/aromatic N) is 1. The van der Waals surface area contributed by atoms with Crippen LogP contribution in [-0.4, -0.2) is 4.98 Å². The van der Waals surface area contributed by atoms with E-state index in [1.54, 1.807) is 12.3 Å². The molecule has 0 atom stereocenters. The lowest BCUT2D eigenvalue weighted by Gasteiger charge is -2.08. The van der Waals surface area contributed by atoms with E-state index >= 15 is 0 Å². The van der Waals surface area contributed by atoms with Crippen LogP contribution in [-0.2, 0) is 0 Å². The van der Waals surface area contributed by atoms with Crippen LogP contribution >= 0.6 is 39.1 Å². The van der Waals surface area contributed by atoms with Gasteiger partial charge in [-0.3, -0.25) is 0 Å². The first-order valence-electron chi connectivity index (χ1n) is 4.93. The predicted molar refractivity (Wildman–Crippen MR) is 75.9 cm³/mol. The van der Waals surface area contributed by atoms with Crippen LogP contribution in [0.4, 0.5) is 0 Å². The molecule has 0 aliphatic heterocycles.